The monoisotopic (exact) mass is 373 g/mol. The summed E-state index contributed by atoms with van der Waals surface area (Å²) in [6, 6.07) is 12.9. The van der Waals surface area contributed by atoms with E-state index in [-0.39, 0.29) is 23.1 Å². The Morgan fingerprint density at radius 2 is 1.63 bits per heavy atom. The van der Waals surface area contributed by atoms with Gasteiger partial charge >= 0.3 is 6.03 Å². The number of para-hydroxylation sites is 1. The number of nitrogens with one attached hydrogen (secondary N) is 1. The third kappa shape index (κ3) is 4.56. The summed E-state index contributed by atoms with van der Waals surface area (Å²) in [4.78, 5) is 16.2. The number of halogens is 2. The molecule has 2 amide bonds. The third-order valence-corrected chi connectivity index (χ3v) is 5.07. The molecule has 1 fully saturated rings. The van der Waals surface area contributed by atoms with Crippen molar-refractivity contribution in [1.82, 2.24) is 10.2 Å². The maximum absolute atomic E-state index is 13.9. The molecule has 1 N–H and O–H groups in total. The van der Waals surface area contributed by atoms with Gasteiger partial charge in [-0.2, -0.15) is 0 Å². The highest BCUT2D eigenvalue weighted by Crippen LogP contribution is 2.23. The van der Waals surface area contributed by atoms with Gasteiger partial charge in [-0.25, -0.2) is 13.6 Å². The second kappa shape index (κ2) is 7.94. The minimum Gasteiger partial charge on any atom is -0.366 e. The van der Waals surface area contributed by atoms with Crippen LogP contribution in [0.5, 0.6) is 0 Å². The molecule has 0 spiro atoms. The number of anilines is 1. The van der Waals surface area contributed by atoms with Crippen LogP contribution in [0, 0.1) is 11.6 Å². The highest BCUT2D eigenvalue weighted by atomic mass is 19.1. The number of hydrogen-bond donors (Lipinski definition) is 1. The largest absolute Gasteiger partial charge is 0.366 e. The number of urea groups is 1. The van der Waals surface area contributed by atoms with Crippen molar-refractivity contribution >= 4 is 11.7 Å². The molecule has 27 heavy (non-hydrogen) atoms. The molecule has 0 bridgehead atoms. The van der Waals surface area contributed by atoms with E-state index in [1.165, 1.54) is 18.2 Å². The first-order chi connectivity index (χ1) is 12.9. The van der Waals surface area contributed by atoms with E-state index in [0.29, 0.717) is 38.4 Å². The molecule has 0 aliphatic carbocycles. The SMILES string of the molecule is CC(C)(CNC(=O)N1CCN(c2ccccc2F)CC1)c1ccc(F)cc1. The van der Waals surface area contributed by atoms with Crippen molar-refractivity contribution in [3.63, 3.8) is 0 Å². The number of hydrogen-bond acceptors (Lipinski definition) is 2. The quantitative estimate of drug-likeness (QED) is 0.885. The summed E-state index contributed by atoms with van der Waals surface area (Å²) in [5.74, 6) is -0.511. The van der Waals surface area contributed by atoms with Gasteiger partial charge in [0.1, 0.15) is 11.6 Å². The van der Waals surface area contributed by atoms with Crippen molar-refractivity contribution in [1.29, 1.82) is 0 Å². The summed E-state index contributed by atoms with van der Waals surface area (Å²) >= 11 is 0. The van der Waals surface area contributed by atoms with E-state index in [2.05, 4.69) is 5.32 Å². The molecule has 0 atom stereocenters. The van der Waals surface area contributed by atoms with Gasteiger partial charge in [0, 0.05) is 38.1 Å². The minimum absolute atomic E-state index is 0.127. The van der Waals surface area contributed by atoms with Crippen molar-refractivity contribution in [3.05, 3.63) is 65.7 Å². The molecule has 0 unspecified atom stereocenters. The van der Waals surface area contributed by atoms with Crippen molar-refractivity contribution in [2.24, 2.45) is 0 Å². The summed E-state index contributed by atoms with van der Waals surface area (Å²) in [5.41, 5.74) is 1.24. The second-order valence-corrected chi connectivity index (χ2v) is 7.47. The number of carbonyl (C=O) groups is 1. The maximum Gasteiger partial charge on any atom is 0.317 e. The Bertz CT molecular complexity index is 784. The lowest BCUT2D eigenvalue weighted by Gasteiger charge is -2.37. The van der Waals surface area contributed by atoms with Gasteiger partial charge in [0.25, 0.3) is 0 Å². The fourth-order valence-electron chi connectivity index (χ4n) is 3.27. The zero-order valence-electron chi connectivity index (χ0n) is 15.7. The number of nitrogens with zero attached hydrogens (tertiary/aromatic N) is 2. The Morgan fingerprint density at radius 1 is 1.00 bits per heavy atom. The summed E-state index contributed by atoms with van der Waals surface area (Å²) in [6.07, 6.45) is 0. The predicted molar refractivity (Wildman–Crippen MR) is 103 cm³/mol. The van der Waals surface area contributed by atoms with Gasteiger partial charge in [0.2, 0.25) is 0 Å². The van der Waals surface area contributed by atoms with Gasteiger partial charge in [-0.05, 0) is 29.8 Å². The van der Waals surface area contributed by atoms with Crippen LogP contribution in [0.3, 0.4) is 0 Å². The average Bonchev–Trinajstić information content (AvgIpc) is 2.67. The first-order valence-corrected chi connectivity index (χ1v) is 9.15. The highest BCUT2D eigenvalue weighted by molar-refractivity contribution is 5.74. The fraction of sp³-hybridized carbons (Fsp3) is 0.381. The smallest absolute Gasteiger partial charge is 0.317 e. The van der Waals surface area contributed by atoms with Crippen molar-refractivity contribution in [3.8, 4) is 0 Å². The predicted octanol–water partition coefficient (Wildman–Crippen LogP) is 3.77. The summed E-state index contributed by atoms with van der Waals surface area (Å²) < 4.78 is 27.0. The third-order valence-electron chi connectivity index (χ3n) is 5.07. The topological polar surface area (TPSA) is 35.6 Å². The zero-order chi connectivity index (χ0) is 19.4. The van der Waals surface area contributed by atoms with Gasteiger partial charge < -0.3 is 15.1 Å². The van der Waals surface area contributed by atoms with Crippen LogP contribution in [0.25, 0.3) is 0 Å². The first-order valence-electron chi connectivity index (χ1n) is 9.15. The fourth-order valence-corrected chi connectivity index (χ4v) is 3.27. The van der Waals surface area contributed by atoms with Gasteiger partial charge in [-0.15, -0.1) is 0 Å². The zero-order valence-corrected chi connectivity index (χ0v) is 15.7. The van der Waals surface area contributed by atoms with Crippen molar-refractivity contribution in [2.45, 2.75) is 19.3 Å². The number of benzene rings is 2. The van der Waals surface area contributed by atoms with E-state index in [1.807, 2.05) is 24.8 Å². The minimum atomic E-state index is -0.307. The molecule has 4 nitrogen and oxygen atoms in total. The van der Waals surface area contributed by atoms with Crippen LogP contribution < -0.4 is 10.2 Å². The van der Waals surface area contributed by atoms with Gasteiger partial charge in [0.05, 0.1) is 5.69 Å². The number of carbonyl (C=O) groups excluding carboxylic acids is 1. The van der Waals surface area contributed by atoms with Crippen LogP contribution >= 0.6 is 0 Å². The Labute approximate surface area is 158 Å². The molecule has 0 aromatic heterocycles. The first kappa shape index (κ1) is 19.1. The van der Waals surface area contributed by atoms with E-state index in [0.717, 1.165) is 5.56 Å². The molecular weight excluding hydrogens is 348 g/mol. The molecule has 2 aromatic rings. The number of piperazine rings is 1. The molecular formula is C21H25F2N3O. The lowest BCUT2D eigenvalue weighted by Crippen LogP contribution is -2.53. The Morgan fingerprint density at radius 3 is 2.26 bits per heavy atom. The average molecular weight is 373 g/mol. The van der Waals surface area contributed by atoms with E-state index >= 15 is 0 Å². The molecule has 1 saturated heterocycles. The normalized spacial score (nSPS) is 15.0. The van der Waals surface area contributed by atoms with E-state index in [9.17, 15) is 13.6 Å². The van der Waals surface area contributed by atoms with Gasteiger partial charge in [0.15, 0.2) is 0 Å². The van der Waals surface area contributed by atoms with Gasteiger partial charge in [-0.3, -0.25) is 0 Å². The van der Waals surface area contributed by atoms with Crippen molar-refractivity contribution in [2.75, 3.05) is 37.6 Å². The summed E-state index contributed by atoms with van der Waals surface area (Å²) in [6.45, 7) is 6.73. The Kier molecular flexibility index (Phi) is 5.63. The molecule has 1 heterocycles. The van der Waals surface area contributed by atoms with Gasteiger partial charge in [-0.1, -0.05) is 38.1 Å². The van der Waals surface area contributed by atoms with Crippen LogP contribution in [0.2, 0.25) is 0 Å². The molecule has 0 radical (unpaired) electrons. The highest BCUT2D eigenvalue weighted by Gasteiger charge is 2.25. The summed E-state index contributed by atoms with van der Waals surface area (Å²) in [5, 5.41) is 2.97. The van der Waals surface area contributed by atoms with Crippen LogP contribution in [0.1, 0.15) is 19.4 Å². The van der Waals surface area contributed by atoms with E-state index < -0.39 is 0 Å². The molecule has 3 rings (SSSR count). The number of amides is 2. The Balaban J connectivity index is 1.52. The molecule has 1 aliphatic heterocycles. The molecule has 6 heteroatoms. The van der Waals surface area contributed by atoms with E-state index in [4.69, 9.17) is 0 Å². The Hall–Kier alpha value is -2.63. The van der Waals surface area contributed by atoms with Crippen LogP contribution in [0.4, 0.5) is 19.3 Å². The second-order valence-electron chi connectivity index (χ2n) is 7.47. The summed E-state index contributed by atoms with van der Waals surface area (Å²) in [7, 11) is 0. The van der Waals surface area contributed by atoms with Crippen LogP contribution in [-0.2, 0) is 5.41 Å². The van der Waals surface area contributed by atoms with E-state index in [1.54, 1.807) is 29.2 Å². The lowest BCUT2D eigenvalue weighted by molar-refractivity contribution is 0.192. The molecule has 0 saturated carbocycles. The molecule has 144 valence electrons. The van der Waals surface area contributed by atoms with Crippen molar-refractivity contribution < 1.29 is 13.6 Å². The van der Waals surface area contributed by atoms with Crippen LogP contribution in [0.15, 0.2) is 48.5 Å². The standard InChI is InChI=1S/C21H25F2N3O/c1-21(2,16-7-9-17(22)10-8-16)15-24-20(27)26-13-11-25(12-14-26)19-6-4-3-5-18(19)23/h3-10H,11-15H2,1-2H3,(H,24,27). The van der Waals surface area contributed by atoms with Crippen LogP contribution in [-0.4, -0.2) is 43.7 Å². The maximum atomic E-state index is 13.9. The lowest BCUT2D eigenvalue weighted by atomic mass is 9.84. The molecule has 2 aromatic carbocycles. The molecule has 1 aliphatic rings. The number of rotatable bonds is 4.